The average Bonchev–Trinajstić information content (AvgIpc) is 2.10. The number of amidine groups is 1. The van der Waals surface area contributed by atoms with E-state index in [1.807, 2.05) is 6.92 Å². The van der Waals surface area contributed by atoms with E-state index < -0.39 is 10.8 Å². The minimum Gasteiger partial charge on any atom is -0.362 e. The molecule has 0 aliphatic carbocycles. The Labute approximate surface area is 99.0 Å². The van der Waals surface area contributed by atoms with E-state index in [1.165, 1.54) is 0 Å². The fourth-order valence-corrected chi connectivity index (χ4v) is 3.39. The molecule has 4 atom stereocenters. The second-order valence-corrected chi connectivity index (χ2v) is 6.74. The summed E-state index contributed by atoms with van der Waals surface area (Å²) < 4.78 is 11.0. The molecule has 0 saturated heterocycles. The Bertz CT molecular complexity index is 268. The summed E-state index contributed by atoms with van der Waals surface area (Å²) in [7, 11) is -0.742. The largest absolute Gasteiger partial charge is 0.362 e. The van der Waals surface area contributed by atoms with Gasteiger partial charge in [0.1, 0.15) is 0 Å². The zero-order valence-electron chi connectivity index (χ0n) is 9.82. The maximum atomic E-state index is 11.0. The second kappa shape index (κ2) is 5.89. The summed E-state index contributed by atoms with van der Waals surface area (Å²) in [5.41, 5.74) is 0. The summed E-state index contributed by atoms with van der Waals surface area (Å²) in [5, 5.41) is 4.33. The average molecular weight is 248 g/mol. The van der Waals surface area contributed by atoms with Gasteiger partial charge in [-0.15, -0.1) is 0 Å². The zero-order chi connectivity index (χ0) is 11.4. The van der Waals surface area contributed by atoms with Crippen molar-refractivity contribution in [1.82, 2.24) is 5.32 Å². The molecular weight excluding hydrogens is 228 g/mol. The van der Waals surface area contributed by atoms with Crippen molar-refractivity contribution in [1.29, 1.82) is 0 Å². The van der Waals surface area contributed by atoms with Gasteiger partial charge in [-0.2, -0.15) is 0 Å². The molecule has 0 aromatic heterocycles. The third-order valence-electron chi connectivity index (χ3n) is 2.48. The monoisotopic (exact) mass is 248 g/mol. The van der Waals surface area contributed by atoms with Crippen molar-refractivity contribution in [2.75, 3.05) is 17.8 Å². The number of rotatable bonds is 3. The van der Waals surface area contributed by atoms with E-state index in [1.54, 1.807) is 18.0 Å². The lowest BCUT2D eigenvalue weighted by Crippen LogP contribution is -2.38. The van der Waals surface area contributed by atoms with Gasteiger partial charge in [0, 0.05) is 34.6 Å². The predicted octanol–water partition coefficient (Wildman–Crippen LogP) is 1.47. The molecule has 4 unspecified atom stereocenters. The van der Waals surface area contributed by atoms with Gasteiger partial charge in [-0.1, -0.05) is 18.7 Å². The van der Waals surface area contributed by atoms with Crippen LogP contribution < -0.4 is 5.32 Å². The van der Waals surface area contributed by atoms with Crippen molar-refractivity contribution >= 4 is 27.7 Å². The molecule has 1 rings (SSSR count). The van der Waals surface area contributed by atoms with Gasteiger partial charge in [0.05, 0.1) is 6.04 Å². The summed E-state index contributed by atoms with van der Waals surface area (Å²) in [6, 6.07) is 0.635. The highest BCUT2D eigenvalue weighted by molar-refractivity contribution is 8.13. The SMILES string of the molecule is CC(CS(C)=O)NC1=NC(C)C(C)CS1. The van der Waals surface area contributed by atoms with Crippen LogP contribution in [0.2, 0.25) is 0 Å². The third kappa shape index (κ3) is 4.55. The second-order valence-electron chi connectivity index (χ2n) is 4.25. The van der Waals surface area contributed by atoms with E-state index >= 15 is 0 Å². The lowest BCUT2D eigenvalue weighted by Gasteiger charge is -2.25. The molecule has 5 heteroatoms. The van der Waals surface area contributed by atoms with Crippen LogP contribution >= 0.6 is 11.8 Å². The summed E-state index contributed by atoms with van der Waals surface area (Å²) in [5.74, 6) is 2.45. The van der Waals surface area contributed by atoms with Gasteiger partial charge in [0.2, 0.25) is 0 Å². The number of hydrogen-bond acceptors (Lipinski definition) is 4. The van der Waals surface area contributed by atoms with Crippen LogP contribution in [0.4, 0.5) is 0 Å². The van der Waals surface area contributed by atoms with Gasteiger partial charge in [0.15, 0.2) is 5.17 Å². The Morgan fingerprint density at radius 3 is 2.87 bits per heavy atom. The quantitative estimate of drug-likeness (QED) is 0.822. The van der Waals surface area contributed by atoms with Crippen LogP contribution in [0.15, 0.2) is 4.99 Å². The molecular formula is C10H20N2OS2. The van der Waals surface area contributed by atoms with Gasteiger partial charge < -0.3 is 5.32 Å². The first-order chi connectivity index (χ1) is 6.99. The standard InChI is InChI=1S/C10H20N2OS2/c1-7-5-14-10(12-9(7)3)11-8(2)6-15(4)13/h7-9H,5-6H2,1-4H3,(H,11,12). The topological polar surface area (TPSA) is 41.5 Å². The van der Waals surface area contributed by atoms with Crippen LogP contribution in [0, 0.1) is 5.92 Å². The van der Waals surface area contributed by atoms with Gasteiger partial charge in [-0.05, 0) is 19.8 Å². The van der Waals surface area contributed by atoms with Crippen LogP contribution in [-0.2, 0) is 10.8 Å². The molecule has 0 fully saturated rings. The highest BCUT2D eigenvalue weighted by Crippen LogP contribution is 2.21. The van der Waals surface area contributed by atoms with Crippen molar-refractivity contribution in [3.8, 4) is 0 Å². The van der Waals surface area contributed by atoms with Gasteiger partial charge in [-0.25, -0.2) is 0 Å². The molecule has 15 heavy (non-hydrogen) atoms. The number of nitrogens with one attached hydrogen (secondary N) is 1. The van der Waals surface area contributed by atoms with Crippen molar-refractivity contribution in [2.24, 2.45) is 10.9 Å². The number of aliphatic imine (C=N–C) groups is 1. The van der Waals surface area contributed by atoms with Crippen LogP contribution in [0.3, 0.4) is 0 Å². The molecule has 0 aromatic carbocycles. The minimum atomic E-state index is -0.742. The highest BCUT2D eigenvalue weighted by atomic mass is 32.2. The van der Waals surface area contributed by atoms with Crippen LogP contribution in [0.5, 0.6) is 0 Å². The predicted molar refractivity (Wildman–Crippen MR) is 70.1 cm³/mol. The van der Waals surface area contributed by atoms with E-state index in [9.17, 15) is 4.21 Å². The number of thioether (sulfide) groups is 1. The maximum Gasteiger partial charge on any atom is 0.157 e. The lowest BCUT2D eigenvalue weighted by molar-refractivity contribution is 0.532. The lowest BCUT2D eigenvalue weighted by atomic mass is 10.1. The third-order valence-corrected chi connectivity index (χ3v) is 4.64. The number of hydrogen-bond donors (Lipinski definition) is 1. The van der Waals surface area contributed by atoms with Gasteiger partial charge in [0.25, 0.3) is 0 Å². The van der Waals surface area contributed by atoms with Crippen molar-refractivity contribution in [3.05, 3.63) is 0 Å². The Balaban J connectivity index is 2.45. The van der Waals surface area contributed by atoms with Gasteiger partial charge >= 0.3 is 0 Å². The van der Waals surface area contributed by atoms with E-state index in [0.29, 0.717) is 17.7 Å². The Morgan fingerprint density at radius 1 is 1.67 bits per heavy atom. The molecule has 0 spiro atoms. The van der Waals surface area contributed by atoms with E-state index in [0.717, 1.165) is 10.9 Å². The normalized spacial score (nSPS) is 30.5. The molecule has 88 valence electrons. The van der Waals surface area contributed by atoms with Crippen molar-refractivity contribution in [3.63, 3.8) is 0 Å². The van der Waals surface area contributed by atoms with Crippen molar-refractivity contribution < 1.29 is 4.21 Å². The fraction of sp³-hybridized carbons (Fsp3) is 0.900. The molecule has 0 amide bonds. The molecule has 1 aliphatic heterocycles. The summed E-state index contributed by atoms with van der Waals surface area (Å²) in [6.07, 6.45) is 1.73. The van der Waals surface area contributed by atoms with E-state index in [2.05, 4.69) is 24.2 Å². The molecule has 1 N–H and O–H groups in total. The molecule has 0 bridgehead atoms. The molecule has 1 aliphatic rings. The summed E-state index contributed by atoms with van der Waals surface area (Å²) >= 11 is 1.77. The fourth-order valence-electron chi connectivity index (χ4n) is 1.38. The number of nitrogens with zero attached hydrogens (tertiary/aromatic N) is 1. The van der Waals surface area contributed by atoms with Crippen LogP contribution in [-0.4, -0.2) is 39.2 Å². The Kier molecular flexibility index (Phi) is 5.12. The summed E-state index contributed by atoms with van der Waals surface area (Å²) in [4.78, 5) is 4.58. The van der Waals surface area contributed by atoms with Crippen LogP contribution in [0.1, 0.15) is 20.8 Å². The minimum absolute atomic E-state index is 0.239. The van der Waals surface area contributed by atoms with Crippen LogP contribution in [0.25, 0.3) is 0 Å². The molecule has 0 saturated carbocycles. The first-order valence-corrected chi connectivity index (χ1v) is 7.97. The van der Waals surface area contributed by atoms with Crippen molar-refractivity contribution in [2.45, 2.75) is 32.9 Å². The Morgan fingerprint density at radius 2 is 2.33 bits per heavy atom. The molecule has 0 aromatic rings. The molecule has 1 heterocycles. The first-order valence-electron chi connectivity index (χ1n) is 5.26. The van der Waals surface area contributed by atoms with E-state index in [-0.39, 0.29) is 6.04 Å². The zero-order valence-corrected chi connectivity index (χ0v) is 11.5. The van der Waals surface area contributed by atoms with E-state index in [4.69, 9.17) is 0 Å². The smallest absolute Gasteiger partial charge is 0.157 e. The van der Waals surface area contributed by atoms with Gasteiger partial charge in [-0.3, -0.25) is 9.20 Å². The summed E-state index contributed by atoms with van der Waals surface area (Å²) in [6.45, 7) is 6.42. The first kappa shape index (κ1) is 13.0. The Hall–Kier alpha value is -0.0300. The highest BCUT2D eigenvalue weighted by Gasteiger charge is 2.20. The molecule has 0 radical (unpaired) electrons. The maximum absolute atomic E-state index is 11.0. The molecule has 3 nitrogen and oxygen atoms in total.